The van der Waals surface area contributed by atoms with E-state index in [0.29, 0.717) is 32.3 Å². The average molecular weight is 464 g/mol. The van der Waals surface area contributed by atoms with E-state index >= 15 is 0 Å². The van der Waals surface area contributed by atoms with Gasteiger partial charge in [0, 0.05) is 34.3 Å². The van der Waals surface area contributed by atoms with E-state index in [9.17, 15) is 4.79 Å². The second kappa shape index (κ2) is 13.7. The van der Waals surface area contributed by atoms with Crippen molar-refractivity contribution in [2.45, 2.75) is 13.5 Å². The molecule has 0 spiro atoms. The first-order valence-electron chi connectivity index (χ1n) is 7.99. The molecule has 0 atom stereocenters. The van der Waals surface area contributed by atoms with Gasteiger partial charge in [0.1, 0.15) is 5.75 Å². The van der Waals surface area contributed by atoms with Gasteiger partial charge in [-0.3, -0.25) is 9.79 Å². The van der Waals surface area contributed by atoms with Crippen LogP contribution in [0.3, 0.4) is 0 Å². The van der Waals surface area contributed by atoms with Crippen molar-refractivity contribution in [3.8, 4) is 5.75 Å². The van der Waals surface area contributed by atoms with Crippen LogP contribution in [0.5, 0.6) is 5.75 Å². The Balaban J connectivity index is 0.00000576. The lowest BCUT2D eigenvalue weighted by Gasteiger charge is -2.22. The Morgan fingerprint density at radius 2 is 1.92 bits per heavy atom. The fourth-order valence-electron chi connectivity index (χ4n) is 2.11. The number of carbonyl (C=O) groups is 1. The second-order valence-corrected chi connectivity index (χ2v) is 5.18. The zero-order chi connectivity index (χ0) is 17.8. The van der Waals surface area contributed by atoms with Crippen LogP contribution in [0.25, 0.3) is 0 Å². The van der Waals surface area contributed by atoms with Crippen molar-refractivity contribution in [2.24, 2.45) is 4.99 Å². The number of nitrogens with zero attached hydrogens (tertiary/aromatic N) is 2. The molecule has 0 aromatic heterocycles. The Labute approximate surface area is 167 Å². The van der Waals surface area contributed by atoms with Gasteiger partial charge in [0.15, 0.2) is 5.96 Å². The van der Waals surface area contributed by atoms with Crippen molar-refractivity contribution >= 4 is 35.8 Å². The van der Waals surface area contributed by atoms with Gasteiger partial charge in [-0.15, -0.1) is 24.0 Å². The lowest BCUT2D eigenvalue weighted by Crippen LogP contribution is -2.44. The van der Waals surface area contributed by atoms with Crippen LogP contribution in [-0.4, -0.2) is 64.3 Å². The van der Waals surface area contributed by atoms with Gasteiger partial charge in [0.05, 0.1) is 19.8 Å². The number of hydrogen-bond acceptors (Lipinski definition) is 4. The molecule has 0 radical (unpaired) electrons. The minimum Gasteiger partial charge on any atom is -0.494 e. The van der Waals surface area contributed by atoms with E-state index in [4.69, 9.17) is 9.47 Å². The molecule has 0 fully saturated rings. The van der Waals surface area contributed by atoms with Crippen LogP contribution < -0.4 is 15.4 Å². The number of guanidine groups is 1. The van der Waals surface area contributed by atoms with Crippen molar-refractivity contribution in [3.05, 3.63) is 29.8 Å². The average Bonchev–Trinajstić information content (AvgIpc) is 2.57. The third-order valence-electron chi connectivity index (χ3n) is 3.26. The van der Waals surface area contributed by atoms with Gasteiger partial charge in [0.25, 0.3) is 0 Å². The summed E-state index contributed by atoms with van der Waals surface area (Å²) in [4.78, 5) is 17.9. The van der Waals surface area contributed by atoms with Gasteiger partial charge in [-0.2, -0.15) is 0 Å². The summed E-state index contributed by atoms with van der Waals surface area (Å²) in [6, 6.07) is 7.94. The highest BCUT2D eigenvalue weighted by molar-refractivity contribution is 14.0. The summed E-state index contributed by atoms with van der Waals surface area (Å²) in [7, 11) is 5.22. The van der Waals surface area contributed by atoms with E-state index in [1.54, 1.807) is 14.2 Å². The number of carbonyl (C=O) groups excluding carboxylic acids is 1. The largest absolute Gasteiger partial charge is 0.494 e. The number of rotatable bonds is 9. The van der Waals surface area contributed by atoms with Gasteiger partial charge in [-0.25, -0.2) is 0 Å². The minimum atomic E-state index is -0.0948. The van der Waals surface area contributed by atoms with E-state index in [1.165, 1.54) is 0 Å². The number of methoxy groups -OCH3 is 1. The van der Waals surface area contributed by atoms with Crippen LogP contribution in [0, 0.1) is 0 Å². The molecule has 0 unspecified atom stereocenters. The van der Waals surface area contributed by atoms with Crippen LogP contribution in [0.1, 0.15) is 12.5 Å². The number of aliphatic imine (C=N–C) groups is 1. The number of benzene rings is 1. The molecule has 1 amide bonds. The standard InChI is InChI=1S/C17H28N4O3.HI/c1-5-24-15-8-6-14(7-9-15)13-21(3)17(18-2)20-12-16(22)19-10-11-23-4;/h6-9H,5,10-13H2,1-4H3,(H,18,20)(H,19,22);1H. The first-order valence-corrected chi connectivity index (χ1v) is 7.99. The molecule has 2 N–H and O–H groups in total. The third kappa shape index (κ3) is 9.49. The monoisotopic (exact) mass is 464 g/mol. The van der Waals surface area contributed by atoms with Crippen LogP contribution in [0.4, 0.5) is 0 Å². The molecule has 0 bridgehead atoms. The van der Waals surface area contributed by atoms with Gasteiger partial charge in [-0.1, -0.05) is 12.1 Å². The van der Waals surface area contributed by atoms with Crippen LogP contribution in [0.2, 0.25) is 0 Å². The van der Waals surface area contributed by atoms with Crippen LogP contribution in [-0.2, 0) is 16.1 Å². The van der Waals surface area contributed by atoms with E-state index in [-0.39, 0.29) is 36.4 Å². The fraction of sp³-hybridized carbons (Fsp3) is 0.529. The Hall–Kier alpha value is -1.55. The maximum atomic E-state index is 11.7. The smallest absolute Gasteiger partial charge is 0.239 e. The van der Waals surface area contributed by atoms with E-state index in [1.807, 2.05) is 43.1 Å². The molecule has 25 heavy (non-hydrogen) atoms. The van der Waals surface area contributed by atoms with E-state index in [0.717, 1.165) is 11.3 Å². The number of nitrogens with one attached hydrogen (secondary N) is 2. The quantitative estimate of drug-likeness (QED) is 0.251. The van der Waals surface area contributed by atoms with Gasteiger partial charge < -0.3 is 25.0 Å². The summed E-state index contributed by atoms with van der Waals surface area (Å²) >= 11 is 0. The fourth-order valence-corrected chi connectivity index (χ4v) is 2.11. The van der Waals surface area contributed by atoms with Crippen molar-refractivity contribution < 1.29 is 14.3 Å². The van der Waals surface area contributed by atoms with Gasteiger partial charge >= 0.3 is 0 Å². The topological polar surface area (TPSA) is 75.2 Å². The summed E-state index contributed by atoms with van der Waals surface area (Å²) in [5.41, 5.74) is 1.13. The molecule has 0 saturated carbocycles. The third-order valence-corrected chi connectivity index (χ3v) is 3.26. The first-order chi connectivity index (χ1) is 11.6. The molecule has 7 nitrogen and oxygen atoms in total. The van der Waals surface area contributed by atoms with Crippen LogP contribution >= 0.6 is 24.0 Å². The highest BCUT2D eigenvalue weighted by Gasteiger charge is 2.08. The Bertz CT molecular complexity index is 523. The molecular weight excluding hydrogens is 435 g/mol. The molecule has 1 aromatic rings. The maximum Gasteiger partial charge on any atom is 0.239 e. The molecule has 0 aliphatic carbocycles. The lowest BCUT2D eigenvalue weighted by molar-refractivity contribution is -0.120. The number of amides is 1. The molecule has 0 aliphatic rings. The highest BCUT2D eigenvalue weighted by Crippen LogP contribution is 2.13. The number of ether oxygens (including phenoxy) is 2. The second-order valence-electron chi connectivity index (χ2n) is 5.18. The Kier molecular flexibility index (Phi) is 12.9. The maximum absolute atomic E-state index is 11.7. The summed E-state index contributed by atoms with van der Waals surface area (Å²) < 4.78 is 10.3. The van der Waals surface area contributed by atoms with Crippen molar-refractivity contribution in [3.63, 3.8) is 0 Å². The number of halogens is 1. The molecule has 1 aromatic carbocycles. The molecular formula is C17H29IN4O3. The van der Waals surface area contributed by atoms with Gasteiger partial charge in [0.2, 0.25) is 5.91 Å². The normalized spacial score (nSPS) is 10.6. The minimum absolute atomic E-state index is 0. The lowest BCUT2D eigenvalue weighted by atomic mass is 10.2. The van der Waals surface area contributed by atoms with E-state index in [2.05, 4.69) is 15.6 Å². The van der Waals surface area contributed by atoms with Crippen molar-refractivity contribution in [2.75, 3.05) is 47.5 Å². The number of hydrogen-bond donors (Lipinski definition) is 2. The molecule has 0 heterocycles. The SMILES string of the molecule is CCOc1ccc(CN(C)C(=NC)NCC(=O)NCCOC)cc1.I. The van der Waals surface area contributed by atoms with E-state index < -0.39 is 0 Å². The van der Waals surface area contributed by atoms with Crippen molar-refractivity contribution in [1.82, 2.24) is 15.5 Å². The summed E-state index contributed by atoms with van der Waals surface area (Å²) in [6.45, 7) is 4.46. The van der Waals surface area contributed by atoms with Gasteiger partial charge in [-0.05, 0) is 24.6 Å². The first kappa shape index (κ1) is 23.4. The summed E-state index contributed by atoms with van der Waals surface area (Å²) in [5.74, 6) is 1.42. The molecule has 1 rings (SSSR count). The summed E-state index contributed by atoms with van der Waals surface area (Å²) in [5, 5.41) is 5.80. The van der Waals surface area contributed by atoms with Crippen molar-refractivity contribution in [1.29, 1.82) is 0 Å². The molecule has 0 aliphatic heterocycles. The Morgan fingerprint density at radius 1 is 1.24 bits per heavy atom. The molecule has 0 saturated heterocycles. The Morgan fingerprint density at radius 3 is 2.48 bits per heavy atom. The highest BCUT2D eigenvalue weighted by atomic mass is 127. The predicted molar refractivity (Wildman–Crippen MR) is 111 cm³/mol. The molecule has 8 heteroatoms. The zero-order valence-electron chi connectivity index (χ0n) is 15.4. The predicted octanol–water partition coefficient (Wildman–Crippen LogP) is 1.47. The summed E-state index contributed by atoms with van der Waals surface area (Å²) in [6.07, 6.45) is 0. The van der Waals surface area contributed by atoms with Crippen LogP contribution in [0.15, 0.2) is 29.3 Å². The zero-order valence-corrected chi connectivity index (χ0v) is 17.7. The molecule has 142 valence electrons.